The lowest BCUT2D eigenvalue weighted by Gasteiger charge is -2.36. The number of carboxylic acid groups (broad SMARTS) is 1. The van der Waals surface area contributed by atoms with E-state index in [4.69, 9.17) is 42.1 Å². The minimum Gasteiger partial charge on any atom is -0.489 e. The first-order chi connectivity index (χ1) is 25.3. The van der Waals surface area contributed by atoms with Crippen molar-refractivity contribution in [1.82, 2.24) is 9.62 Å². The minimum absolute atomic E-state index is 0.0134. The number of amides is 1. The van der Waals surface area contributed by atoms with Crippen molar-refractivity contribution in [3.8, 4) is 23.0 Å². The van der Waals surface area contributed by atoms with Crippen LogP contribution in [-0.2, 0) is 45.6 Å². The molecule has 4 aromatic rings. The first-order valence-electron chi connectivity index (χ1n) is 16.8. The molecular weight excluding hydrogens is 743 g/mol. The van der Waals surface area contributed by atoms with Crippen molar-refractivity contribution in [2.45, 2.75) is 58.0 Å². The van der Waals surface area contributed by atoms with Crippen molar-refractivity contribution < 1.29 is 42.1 Å². The fraction of sp³-hybridized carbons (Fsp3) is 0.282. The number of carboxylic acids is 1. The number of hydrogen-bond donors (Lipinski definition) is 2. The maximum atomic E-state index is 13.6. The second-order valence-electron chi connectivity index (χ2n) is 12.9. The summed E-state index contributed by atoms with van der Waals surface area (Å²) < 4.78 is 51.1. The first-order valence-corrected chi connectivity index (χ1v) is 19.4. The summed E-state index contributed by atoms with van der Waals surface area (Å²) in [5, 5.41) is 13.5. The number of allylic oxidation sites excluding steroid dienone is 2. The van der Waals surface area contributed by atoms with E-state index in [0.29, 0.717) is 62.1 Å². The van der Waals surface area contributed by atoms with Crippen LogP contribution in [0, 0.1) is 0 Å². The van der Waals surface area contributed by atoms with Crippen LogP contribution in [0.1, 0.15) is 47.8 Å². The van der Waals surface area contributed by atoms with Crippen LogP contribution in [-0.4, -0.2) is 54.7 Å². The molecule has 6 rings (SSSR count). The van der Waals surface area contributed by atoms with Crippen LogP contribution in [0.15, 0.2) is 90.7 Å². The number of halogens is 2. The molecule has 2 heterocycles. The zero-order valence-corrected chi connectivity index (χ0v) is 31.5. The summed E-state index contributed by atoms with van der Waals surface area (Å²) in [6.07, 6.45) is 2.41. The van der Waals surface area contributed by atoms with Crippen LogP contribution < -0.4 is 24.3 Å². The number of nitrogens with one attached hydrogen (secondary N) is 1. The summed E-state index contributed by atoms with van der Waals surface area (Å²) in [6.45, 7) is 4.10. The van der Waals surface area contributed by atoms with Gasteiger partial charge in [0.2, 0.25) is 15.9 Å². The van der Waals surface area contributed by atoms with E-state index in [-0.39, 0.29) is 26.0 Å². The van der Waals surface area contributed by atoms with E-state index in [1.807, 2.05) is 50.3 Å². The number of benzene rings is 4. The average Bonchev–Trinajstić information content (AvgIpc) is 3.13. The fourth-order valence-electron chi connectivity index (χ4n) is 6.08. The van der Waals surface area contributed by atoms with E-state index in [1.165, 1.54) is 0 Å². The Labute approximate surface area is 318 Å². The van der Waals surface area contributed by atoms with Crippen molar-refractivity contribution >= 4 is 45.1 Å². The molecule has 0 fully saturated rings. The Kier molecular flexibility index (Phi) is 11.5. The van der Waals surface area contributed by atoms with Gasteiger partial charge in [0.15, 0.2) is 17.6 Å². The van der Waals surface area contributed by atoms with Gasteiger partial charge in [-0.1, -0.05) is 53.5 Å². The molecule has 3 atom stereocenters. The number of hydrogen-bond acceptors (Lipinski definition) is 8. The van der Waals surface area contributed by atoms with E-state index in [1.54, 1.807) is 48.5 Å². The molecule has 2 N–H and O–H groups in total. The number of aliphatic carboxylic acids is 1. The monoisotopic (exact) mass is 780 g/mol. The number of carbonyl (C=O) groups excluding carboxylic acids is 1. The van der Waals surface area contributed by atoms with Gasteiger partial charge in [-0.2, -0.15) is 4.31 Å². The number of carbonyl (C=O) groups is 2. The molecule has 0 unspecified atom stereocenters. The van der Waals surface area contributed by atoms with Gasteiger partial charge in [0.05, 0.1) is 22.1 Å². The smallest absolute Gasteiger partial charge is 0.326 e. The molecule has 2 aliphatic rings. The lowest BCUT2D eigenvalue weighted by atomic mass is 9.94. The van der Waals surface area contributed by atoms with Crippen LogP contribution in [0.3, 0.4) is 0 Å². The van der Waals surface area contributed by atoms with Crippen LogP contribution in [0.4, 0.5) is 0 Å². The molecule has 0 radical (unpaired) electrons. The van der Waals surface area contributed by atoms with E-state index < -0.39 is 40.1 Å². The SMILES string of the molecule is C/C=C(\C)Oc1ccc(C[C@H](NC(=O)[C@@H]2Cc3cc4c(cc3CN2S(C)(=O)=O)O[C@@H](c2ccc(OCc3ccc(Cl)c(Cl)c3)cc2)CO4)C(=O)O)cc1. The van der Waals surface area contributed by atoms with E-state index in [0.717, 1.165) is 21.7 Å². The molecule has 1 amide bonds. The normalized spacial score (nSPS) is 17.7. The Morgan fingerprint density at radius 3 is 2.30 bits per heavy atom. The van der Waals surface area contributed by atoms with Crippen molar-refractivity contribution in [2.75, 3.05) is 12.9 Å². The highest BCUT2D eigenvalue weighted by Crippen LogP contribution is 2.41. The van der Waals surface area contributed by atoms with Gasteiger partial charge in [-0.05, 0) is 103 Å². The fourth-order valence-corrected chi connectivity index (χ4v) is 7.41. The highest BCUT2D eigenvalue weighted by atomic mass is 35.5. The van der Waals surface area contributed by atoms with Gasteiger partial charge in [0.25, 0.3) is 0 Å². The molecule has 0 saturated carbocycles. The molecule has 4 aromatic carbocycles. The molecule has 0 saturated heterocycles. The second kappa shape index (κ2) is 16.1. The molecule has 0 spiro atoms. The zero-order valence-electron chi connectivity index (χ0n) is 29.2. The van der Waals surface area contributed by atoms with E-state index >= 15 is 0 Å². The quantitative estimate of drug-likeness (QED) is 0.147. The second-order valence-corrected chi connectivity index (χ2v) is 15.6. The Morgan fingerprint density at radius 1 is 0.962 bits per heavy atom. The summed E-state index contributed by atoms with van der Waals surface area (Å²) >= 11 is 12.1. The van der Waals surface area contributed by atoms with Gasteiger partial charge < -0.3 is 29.4 Å². The number of nitrogens with zero attached hydrogens (tertiary/aromatic N) is 1. The molecule has 2 aliphatic heterocycles. The van der Waals surface area contributed by atoms with Crippen LogP contribution in [0.5, 0.6) is 23.0 Å². The Morgan fingerprint density at radius 2 is 1.64 bits per heavy atom. The summed E-state index contributed by atoms with van der Waals surface area (Å²) in [4.78, 5) is 25.9. The van der Waals surface area contributed by atoms with Gasteiger partial charge in [-0.15, -0.1) is 0 Å². The number of sulfonamides is 1. The summed E-state index contributed by atoms with van der Waals surface area (Å²) in [7, 11) is -3.89. The lowest BCUT2D eigenvalue weighted by Crippen LogP contribution is -2.55. The number of rotatable bonds is 12. The molecule has 278 valence electrons. The highest BCUT2D eigenvalue weighted by molar-refractivity contribution is 7.88. The standard InChI is InChI=1S/C39H38Cl2N2O9S/c1-4-23(2)51-30-10-5-24(6-11-30)16-33(39(45)46)42-38(44)34-17-27-18-35-36(19-28(27)20-43(34)53(3,47)48)52-37(22-50-35)26-8-12-29(13-9-26)49-21-25-7-14-31(40)32(41)15-25/h4-15,18-19,33-34,37H,16-17,20-22H2,1-3H3,(H,42,44)(H,45,46)/b23-4+/t33-,34-,37+/m0/s1. The Hall–Kier alpha value is -4.75. The maximum absolute atomic E-state index is 13.6. The maximum Gasteiger partial charge on any atom is 0.326 e. The number of ether oxygens (including phenoxy) is 4. The highest BCUT2D eigenvalue weighted by Gasteiger charge is 2.39. The zero-order chi connectivity index (χ0) is 37.9. The summed E-state index contributed by atoms with van der Waals surface area (Å²) in [6, 6.07) is 20.7. The van der Waals surface area contributed by atoms with Gasteiger partial charge in [-0.25, -0.2) is 13.2 Å². The van der Waals surface area contributed by atoms with Crippen molar-refractivity contribution in [3.63, 3.8) is 0 Å². The largest absolute Gasteiger partial charge is 0.489 e. The molecule has 0 aliphatic carbocycles. The van der Waals surface area contributed by atoms with Gasteiger partial charge in [0, 0.05) is 13.0 Å². The van der Waals surface area contributed by atoms with Crippen molar-refractivity contribution in [2.24, 2.45) is 0 Å². The van der Waals surface area contributed by atoms with Crippen molar-refractivity contribution in [1.29, 1.82) is 0 Å². The van der Waals surface area contributed by atoms with Crippen LogP contribution in [0.25, 0.3) is 0 Å². The lowest BCUT2D eigenvalue weighted by molar-refractivity contribution is -0.142. The average molecular weight is 782 g/mol. The predicted octanol–water partition coefficient (Wildman–Crippen LogP) is 6.89. The third-order valence-electron chi connectivity index (χ3n) is 9.05. The number of fused-ring (bicyclic) bond motifs is 2. The van der Waals surface area contributed by atoms with E-state index in [9.17, 15) is 23.1 Å². The third-order valence-corrected chi connectivity index (χ3v) is 11.0. The summed E-state index contributed by atoms with van der Waals surface area (Å²) in [5.74, 6) is 0.914. The Bertz CT molecular complexity index is 2140. The van der Waals surface area contributed by atoms with Gasteiger partial charge in [0.1, 0.15) is 36.8 Å². The van der Waals surface area contributed by atoms with Crippen molar-refractivity contribution in [3.05, 3.63) is 129 Å². The van der Waals surface area contributed by atoms with Gasteiger partial charge in [-0.3, -0.25) is 4.79 Å². The molecule has 11 nitrogen and oxygen atoms in total. The van der Waals surface area contributed by atoms with Gasteiger partial charge >= 0.3 is 5.97 Å². The predicted molar refractivity (Wildman–Crippen MR) is 200 cm³/mol. The molecule has 0 aromatic heterocycles. The summed E-state index contributed by atoms with van der Waals surface area (Å²) in [5.41, 5.74) is 3.74. The van der Waals surface area contributed by atoms with E-state index in [2.05, 4.69) is 5.32 Å². The molecule has 14 heteroatoms. The minimum atomic E-state index is -3.89. The third kappa shape index (κ3) is 9.25. The molecular formula is C39H38Cl2N2O9S. The first kappa shape index (κ1) is 38.0. The van der Waals surface area contributed by atoms with Crippen LogP contribution in [0.2, 0.25) is 10.0 Å². The Balaban J connectivity index is 1.13. The topological polar surface area (TPSA) is 141 Å². The van der Waals surface area contributed by atoms with Crippen LogP contribution >= 0.6 is 23.2 Å². The molecule has 53 heavy (non-hydrogen) atoms. The molecule has 0 bridgehead atoms.